The highest BCUT2D eigenvalue weighted by Crippen LogP contribution is 2.36. The molecule has 0 aliphatic rings. The summed E-state index contributed by atoms with van der Waals surface area (Å²) in [5, 5.41) is 7.89. The van der Waals surface area contributed by atoms with Crippen molar-refractivity contribution in [3.8, 4) is 28.7 Å². The molecule has 1 aromatic carbocycles. The second kappa shape index (κ2) is 6.64. The van der Waals surface area contributed by atoms with Gasteiger partial charge in [0.15, 0.2) is 11.3 Å². The van der Waals surface area contributed by atoms with Gasteiger partial charge in [-0.3, -0.25) is 0 Å². The summed E-state index contributed by atoms with van der Waals surface area (Å²) in [5.41, 5.74) is -0.312. The standard InChI is InChI=1S/C16H8Cl2F3N5O2/c1-27-11-5-8(17)7(4-9(11)18)14-23-15(28-25-14)10-6-26-13(22-10)3-2-12(24-26)16(19,20)21/h2-6H,1H3. The Labute approximate surface area is 164 Å². The molecule has 0 amide bonds. The lowest BCUT2D eigenvalue weighted by molar-refractivity contribution is -0.141. The van der Waals surface area contributed by atoms with Gasteiger partial charge in [-0.25, -0.2) is 9.50 Å². The predicted octanol–water partition coefficient (Wildman–Crippen LogP) is 4.78. The number of ether oxygens (including phenoxy) is 1. The van der Waals surface area contributed by atoms with Crippen LogP contribution in [0.5, 0.6) is 5.75 Å². The molecule has 0 atom stereocenters. The van der Waals surface area contributed by atoms with Gasteiger partial charge in [0.25, 0.3) is 5.89 Å². The van der Waals surface area contributed by atoms with Gasteiger partial charge in [0.1, 0.15) is 11.4 Å². The molecule has 0 radical (unpaired) electrons. The van der Waals surface area contributed by atoms with Gasteiger partial charge < -0.3 is 9.26 Å². The highest BCUT2D eigenvalue weighted by molar-refractivity contribution is 6.36. The largest absolute Gasteiger partial charge is 0.495 e. The lowest BCUT2D eigenvalue weighted by Gasteiger charge is -2.05. The molecule has 7 nitrogen and oxygen atoms in total. The van der Waals surface area contributed by atoms with Crippen molar-refractivity contribution >= 4 is 28.8 Å². The molecule has 0 spiro atoms. The number of hydrogen-bond acceptors (Lipinski definition) is 6. The maximum Gasteiger partial charge on any atom is 0.435 e. The van der Waals surface area contributed by atoms with E-state index in [2.05, 4.69) is 20.2 Å². The predicted molar refractivity (Wildman–Crippen MR) is 93.3 cm³/mol. The van der Waals surface area contributed by atoms with Crippen LogP contribution in [0.2, 0.25) is 10.0 Å². The Morgan fingerprint density at radius 3 is 2.61 bits per heavy atom. The van der Waals surface area contributed by atoms with E-state index < -0.39 is 11.9 Å². The molecule has 0 bridgehead atoms. The summed E-state index contributed by atoms with van der Waals surface area (Å²) in [5.74, 6) is 0.494. The van der Waals surface area contributed by atoms with Crippen molar-refractivity contribution in [2.45, 2.75) is 6.18 Å². The van der Waals surface area contributed by atoms with Crippen LogP contribution in [0.15, 0.2) is 35.0 Å². The lowest BCUT2D eigenvalue weighted by Crippen LogP contribution is -2.10. The number of benzene rings is 1. The normalized spacial score (nSPS) is 11.9. The van der Waals surface area contributed by atoms with Crippen molar-refractivity contribution in [2.24, 2.45) is 0 Å². The van der Waals surface area contributed by atoms with Crippen LogP contribution in [0.25, 0.3) is 28.6 Å². The minimum absolute atomic E-state index is 0.0166. The minimum atomic E-state index is -4.57. The molecule has 0 aliphatic carbocycles. The number of methoxy groups -OCH3 is 1. The van der Waals surface area contributed by atoms with Crippen LogP contribution in [0.1, 0.15) is 5.69 Å². The Bertz CT molecular complexity index is 1190. The van der Waals surface area contributed by atoms with Gasteiger partial charge in [-0.1, -0.05) is 28.4 Å². The zero-order valence-electron chi connectivity index (χ0n) is 13.8. The maximum absolute atomic E-state index is 12.8. The van der Waals surface area contributed by atoms with Crippen LogP contribution < -0.4 is 4.74 Å². The third-order valence-corrected chi connectivity index (χ3v) is 4.35. The van der Waals surface area contributed by atoms with Crippen LogP contribution >= 0.6 is 23.2 Å². The van der Waals surface area contributed by atoms with Crippen molar-refractivity contribution in [2.75, 3.05) is 7.11 Å². The smallest absolute Gasteiger partial charge is 0.435 e. The molecular weight excluding hydrogens is 422 g/mol. The first-order chi connectivity index (χ1) is 13.3. The fourth-order valence-corrected chi connectivity index (χ4v) is 2.91. The van der Waals surface area contributed by atoms with Crippen molar-refractivity contribution in [3.63, 3.8) is 0 Å². The fourth-order valence-electron chi connectivity index (χ4n) is 2.43. The van der Waals surface area contributed by atoms with E-state index in [9.17, 15) is 13.2 Å². The number of fused-ring (bicyclic) bond motifs is 1. The molecule has 28 heavy (non-hydrogen) atoms. The van der Waals surface area contributed by atoms with E-state index in [1.807, 2.05) is 0 Å². The van der Waals surface area contributed by atoms with Crippen molar-refractivity contribution < 1.29 is 22.4 Å². The number of rotatable bonds is 3. The molecule has 144 valence electrons. The Morgan fingerprint density at radius 1 is 1.11 bits per heavy atom. The van der Waals surface area contributed by atoms with E-state index in [4.69, 9.17) is 32.5 Å². The van der Waals surface area contributed by atoms with E-state index in [0.717, 1.165) is 10.6 Å². The van der Waals surface area contributed by atoms with Crippen LogP contribution in [0.3, 0.4) is 0 Å². The first-order valence-corrected chi connectivity index (χ1v) is 8.33. The summed E-state index contributed by atoms with van der Waals surface area (Å²) < 4.78 is 49.6. The molecule has 0 saturated carbocycles. The van der Waals surface area contributed by atoms with Gasteiger partial charge in [0.2, 0.25) is 5.82 Å². The molecule has 3 heterocycles. The van der Waals surface area contributed by atoms with Gasteiger partial charge in [-0.05, 0) is 18.2 Å². The second-order valence-corrected chi connectivity index (χ2v) is 6.35. The van der Waals surface area contributed by atoms with E-state index >= 15 is 0 Å². The summed E-state index contributed by atoms with van der Waals surface area (Å²) >= 11 is 12.3. The molecule has 12 heteroatoms. The SMILES string of the molecule is COc1cc(Cl)c(-c2noc(-c3cn4nc(C(F)(F)F)ccc4n3)n2)cc1Cl. The molecule has 0 aliphatic heterocycles. The first-order valence-electron chi connectivity index (χ1n) is 7.57. The molecule has 0 fully saturated rings. The highest BCUT2D eigenvalue weighted by Gasteiger charge is 2.33. The highest BCUT2D eigenvalue weighted by atomic mass is 35.5. The van der Waals surface area contributed by atoms with Crippen molar-refractivity contribution in [3.05, 3.63) is 46.2 Å². The maximum atomic E-state index is 12.8. The number of imidazole rings is 1. The Kier molecular flexibility index (Phi) is 4.39. The van der Waals surface area contributed by atoms with Crippen LogP contribution in [0.4, 0.5) is 13.2 Å². The van der Waals surface area contributed by atoms with Gasteiger partial charge in [0, 0.05) is 11.6 Å². The van der Waals surface area contributed by atoms with Crippen LogP contribution in [-0.2, 0) is 6.18 Å². The summed E-state index contributed by atoms with van der Waals surface area (Å²) in [6.07, 6.45) is -3.31. The first kappa shape index (κ1) is 18.5. The lowest BCUT2D eigenvalue weighted by atomic mass is 10.2. The van der Waals surface area contributed by atoms with E-state index in [0.29, 0.717) is 16.3 Å². The number of alkyl halides is 3. The Morgan fingerprint density at radius 2 is 1.89 bits per heavy atom. The average molecular weight is 430 g/mol. The van der Waals surface area contributed by atoms with Crippen LogP contribution in [0, 0.1) is 0 Å². The molecule has 3 aromatic heterocycles. The number of nitrogens with zero attached hydrogens (tertiary/aromatic N) is 5. The number of hydrogen-bond donors (Lipinski definition) is 0. The van der Waals surface area contributed by atoms with E-state index in [-0.39, 0.29) is 28.1 Å². The molecule has 0 unspecified atom stereocenters. The molecule has 0 saturated heterocycles. The van der Waals surface area contributed by atoms with Gasteiger partial charge in [-0.2, -0.15) is 23.3 Å². The molecular formula is C16H8Cl2F3N5O2. The summed E-state index contributed by atoms with van der Waals surface area (Å²) in [6.45, 7) is 0. The summed E-state index contributed by atoms with van der Waals surface area (Å²) in [4.78, 5) is 8.33. The average Bonchev–Trinajstić information content (AvgIpc) is 3.28. The number of halogens is 5. The quantitative estimate of drug-likeness (QED) is 0.466. The fraction of sp³-hybridized carbons (Fsp3) is 0.125. The zero-order valence-corrected chi connectivity index (χ0v) is 15.3. The molecule has 4 aromatic rings. The monoisotopic (exact) mass is 429 g/mol. The number of aromatic nitrogens is 5. The van der Waals surface area contributed by atoms with Crippen LogP contribution in [-0.4, -0.2) is 31.8 Å². The van der Waals surface area contributed by atoms with Crippen molar-refractivity contribution in [1.29, 1.82) is 0 Å². The van der Waals surface area contributed by atoms with E-state index in [1.165, 1.54) is 31.5 Å². The minimum Gasteiger partial charge on any atom is -0.495 e. The Balaban J connectivity index is 1.73. The molecule has 0 N–H and O–H groups in total. The van der Waals surface area contributed by atoms with E-state index in [1.54, 1.807) is 0 Å². The third kappa shape index (κ3) is 3.25. The zero-order chi connectivity index (χ0) is 20.1. The third-order valence-electron chi connectivity index (χ3n) is 3.74. The molecule has 4 rings (SSSR count). The summed E-state index contributed by atoms with van der Waals surface area (Å²) in [7, 11) is 1.45. The Hall–Kier alpha value is -2.85. The second-order valence-electron chi connectivity index (χ2n) is 5.53. The van der Waals surface area contributed by atoms with Crippen molar-refractivity contribution in [1.82, 2.24) is 24.7 Å². The van der Waals surface area contributed by atoms with Gasteiger partial charge in [0.05, 0.1) is 23.4 Å². The summed E-state index contributed by atoms with van der Waals surface area (Å²) in [6, 6.07) is 5.04. The topological polar surface area (TPSA) is 78.3 Å². The van der Waals surface area contributed by atoms with Gasteiger partial charge in [-0.15, -0.1) is 0 Å². The van der Waals surface area contributed by atoms with Gasteiger partial charge >= 0.3 is 6.18 Å².